The third kappa shape index (κ3) is 3.79. The van der Waals surface area contributed by atoms with Gasteiger partial charge in [0.15, 0.2) is 5.13 Å². The van der Waals surface area contributed by atoms with Crippen molar-refractivity contribution in [2.45, 2.75) is 26.2 Å². The fourth-order valence-corrected chi connectivity index (χ4v) is 2.31. The summed E-state index contributed by atoms with van der Waals surface area (Å²) >= 11 is 1.35. The molecule has 4 nitrogen and oxygen atoms in total. The summed E-state index contributed by atoms with van der Waals surface area (Å²) in [5, 5.41) is 5.18. The molecule has 0 radical (unpaired) electrons. The average Bonchev–Trinajstić information content (AvgIpc) is 2.74. The predicted molar refractivity (Wildman–Crippen MR) is 79.4 cm³/mol. The number of hydrogen-bond acceptors (Lipinski definition) is 4. The van der Waals surface area contributed by atoms with Gasteiger partial charge >= 0.3 is 0 Å². The van der Waals surface area contributed by atoms with E-state index in [-0.39, 0.29) is 12.3 Å². The number of benzene rings is 1. The quantitative estimate of drug-likeness (QED) is 0.901. The molecular weight excluding hydrogens is 258 g/mol. The lowest BCUT2D eigenvalue weighted by Gasteiger charge is -2.09. The van der Waals surface area contributed by atoms with E-state index in [1.807, 2.05) is 18.2 Å². The smallest absolute Gasteiger partial charge is 0.230 e. The van der Waals surface area contributed by atoms with Gasteiger partial charge in [-0.15, -0.1) is 11.3 Å². The fourth-order valence-electron chi connectivity index (χ4n) is 1.75. The molecule has 100 valence electrons. The molecule has 0 bridgehead atoms. The van der Waals surface area contributed by atoms with Crippen molar-refractivity contribution in [3.05, 3.63) is 40.9 Å². The van der Waals surface area contributed by atoms with Crippen LogP contribution >= 0.6 is 11.3 Å². The van der Waals surface area contributed by atoms with Gasteiger partial charge in [0, 0.05) is 11.1 Å². The van der Waals surface area contributed by atoms with E-state index in [1.165, 1.54) is 16.9 Å². The van der Waals surface area contributed by atoms with Crippen molar-refractivity contribution in [1.29, 1.82) is 0 Å². The van der Waals surface area contributed by atoms with Crippen LogP contribution in [0.2, 0.25) is 0 Å². The van der Waals surface area contributed by atoms with Crippen LogP contribution in [0.25, 0.3) is 0 Å². The Morgan fingerprint density at radius 2 is 2.26 bits per heavy atom. The Kier molecular flexibility index (Phi) is 4.16. The van der Waals surface area contributed by atoms with Gasteiger partial charge in [-0.05, 0) is 23.6 Å². The van der Waals surface area contributed by atoms with Crippen molar-refractivity contribution in [2.75, 3.05) is 11.1 Å². The van der Waals surface area contributed by atoms with E-state index in [0.29, 0.717) is 16.7 Å². The van der Waals surface area contributed by atoms with Crippen LogP contribution in [0.15, 0.2) is 29.6 Å². The lowest BCUT2D eigenvalue weighted by molar-refractivity contribution is -0.115. The minimum Gasteiger partial charge on any atom is -0.375 e. The first-order valence-corrected chi connectivity index (χ1v) is 7.02. The van der Waals surface area contributed by atoms with Crippen molar-refractivity contribution < 1.29 is 4.79 Å². The molecule has 0 saturated heterocycles. The van der Waals surface area contributed by atoms with Crippen LogP contribution in [0, 0.1) is 0 Å². The minimum atomic E-state index is -0.0776. The van der Waals surface area contributed by atoms with Gasteiger partial charge in [0.2, 0.25) is 5.91 Å². The summed E-state index contributed by atoms with van der Waals surface area (Å²) in [5.41, 5.74) is 8.27. The molecule has 0 fully saturated rings. The number of carbonyl (C=O) groups excluding carboxylic acids is 1. The number of nitrogens with zero attached hydrogens (tertiary/aromatic N) is 1. The first-order chi connectivity index (χ1) is 9.04. The molecule has 0 aliphatic carbocycles. The van der Waals surface area contributed by atoms with Crippen LogP contribution in [0.5, 0.6) is 0 Å². The van der Waals surface area contributed by atoms with Crippen molar-refractivity contribution in [2.24, 2.45) is 0 Å². The van der Waals surface area contributed by atoms with Crippen molar-refractivity contribution in [1.82, 2.24) is 4.98 Å². The number of anilines is 2. The molecule has 1 aromatic carbocycles. The zero-order valence-electron chi connectivity index (χ0n) is 11.0. The molecule has 0 atom stereocenters. The summed E-state index contributed by atoms with van der Waals surface area (Å²) in [4.78, 5) is 16.0. The normalized spacial score (nSPS) is 10.7. The average molecular weight is 275 g/mol. The molecule has 19 heavy (non-hydrogen) atoms. The SMILES string of the molecule is CC(C)c1cccc(NC(=O)Cc2csc(N)n2)c1. The van der Waals surface area contributed by atoms with Gasteiger partial charge < -0.3 is 11.1 Å². The highest BCUT2D eigenvalue weighted by atomic mass is 32.1. The molecule has 0 aliphatic rings. The van der Waals surface area contributed by atoms with Crippen LogP contribution in [-0.4, -0.2) is 10.9 Å². The Labute approximate surface area is 116 Å². The highest BCUT2D eigenvalue weighted by molar-refractivity contribution is 7.13. The first kappa shape index (κ1) is 13.5. The van der Waals surface area contributed by atoms with Crippen molar-refractivity contribution in [3.8, 4) is 0 Å². The van der Waals surface area contributed by atoms with E-state index in [1.54, 1.807) is 5.38 Å². The molecule has 0 saturated carbocycles. The summed E-state index contributed by atoms with van der Waals surface area (Å²) < 4.78 is 0. The number of amides is 1. The number of thiazole rings is 1. The maximum Gasteiger partial charge on any atom is 0.230 e. The minimum absolute atomic E-state index is 0.0776. The molecular formula is C14H17N3OS. The maximum atomic E-state index is 11.9. The van der Waals surface area contributed by atoms with Gasteiger partial charge in [0.05, 0.1) is 12.1 Å². The standard InChI is InChI=1S/C14H17N3OS/c1-9(2)10-4-3-5-11(6-10)16-13(18)7-12-8-19-14(15)17-12/h3-6,8-9H,7H2,1-2H3,(H2,15,17)(H,16,18). The molecule has 2 aromatic rings. The highest BCUT2D eigenvalue weighted by Crippen LogP contribution is 2.19. The zero-order valence-corrected chi connectivity index (χ0v) is 11.8. The van der Waals surface area contributed by atoms with Gasteiger partial charge in [0.25, 0.3) is 0 Å². The number of carbonyl (C=O) groups is 1. The summed E-state index contributed by atoms with van der Waals surface area (Å²) in [5.74, 6) is 0.362. The third-order valence-electron chi connectivity index (χ3n) is 2.75. The number of hydrogen-bond donors (Lipinski definition) is 2. The van der Waals surface area contributed by atoms with Crippen LogP contribution in [-0.2, 0) is 11.2 Å². The molecule has 5 heteroatoms. The van der Waals surface area contributed by atoms with E-state index in [9.17, 15) is 4.79 Å². The van der Waals surface area contributed by atoms with Gasteiger partial charge in [-0.1, -0.05) is 26.0 Å². The van der Waals surface area contributed by atoms with Gasteiger partial charge in [-0.25, -0.2) is 4.98 Å². The van der Waals surface area contributed by atoms with Gasteiger partial charge in [-0.2, -0.15) is 0 Å². The Bertz CT molecular complexity index is 578. The van der Waals surface area contributed by atoms with Gasteiger partial charge in [0.1, 0.15) is 0 Å². The molecule has 3 N–H and O–H groups in total. The number of nitrogens with one attached hydrogen (secondary N) is 1. The number of nitrogens with two attached hydrogens (primary N) is 1. The molecule has 2 rings (SSSR count). The van der Waals surface area contributed by atoms with Gasteiger partial charge in [-0.3, -0.25) is 4.79 Å². The van der Waals surface area contributed by atoms with Crippen molar-refractivity contribution >= 4 is 28.1 Å². The summed E-state index contributed by atoms with van der Waals surface area (Å²) in [6, 6.07) is 7.89. The lowest BCUT2D eigenvalue weighted by atomic mass is 10.0. The highest BCUT2D eigenvalue weighted by Gasteiger charge is 2.08. The molecule has 0 unspecified atom stereocenters. The van der Waals surface area contributed by atoms with Crippen LogP contribution in [0.1, 0.15) is 31.0 Å². The van der Waals surface area contributed by atoms with Crippen LogP contribution in [0.3, 0.4) is 0 Å². The number of nitrogen functional groups attached to an aromatic ring is 1. The second-order valence-electron chi connectivity index (χ2n) is 4.68. The molecule has 1 amide bonds. The maximum absolute atomic E-state index is 11.9. The second kappa shape index (κ2) is 5.84. The van der Waals surface area contributed by atoms with Crippen LogP contribution < -0.4 is 11.1 Å². The Morgan fingerprint density at radius 1 is 1.47 bits per heavy atom. The van der Waals surface area contributed by atoms with E-state index in [2.05, 4.69) is 30.2 Å². The Morgan fingerprint density at radius 3 is 2.89 bits per heavy atom. The lowest BCUT2D eigenvalue weighted by Crippen LogP contribution is -2.14. The van der Waals surface area contributed by atoms with E-state index < -0.39 is 0 Å². The summed E-state index contributed by atoms with van der Waals surface area (Å²) in [6.45, 7) is 4.25. The summed E-state index contributed by atoms with van der Waals surface area (Å²) in [6.07, 6.45) is 0.250. The number of aromatic nitrogens is 1. The predicted octanol–water partition coefficient (Wildman–Crippen LogP) is 3.03. The third-order valence-corrected chi connectivity index (χ3v) is 3.47. The second-order valence-corrected chi connectivity index (χ2v) is 5.57. The van der Waals surface area contributed by atoms with Crippen LogP contribution in [0.4, 0.5) is 10.8 Å². The zero-order chi connectivity index (χ0) is 13.8. The van der Waals surface area contributed by atoms with Crippen molar-refractivity contribution in [3.63, 3.8) is 0 Å². The molecule has 0 spiro atoms. The fraction of sp³-hybridized carbons (Fsp3) is 0.286. The topological polar surface area (TPSA) is 68.0 Å². The number of rotatable bonds is 4. The van der Waals surface area contributed by atoms with E-state index in [4.69, 9.17) is 5.73 Å². The van der Waals surface area contributed by atoms with E-state index >= 15 is 0 Å². The first-order valence-electron chi connectivity index (χ1n) is 6.14. The monoisotopic (exact) mass is 275 g/mol. The molecule has 0 aliphatic heterocycles. The molecule has 1 heterocycles. The largest absolute Gasteiger partial charge is 0.375 e. The molecule has 1 aromatic heterocycles. The van der Waals surface area contributed by atoms with E-state index in [0.717, 1.165) is 5.69 Å². The Hall–Kier alpha value is -1.88. The summed E-state index contributed by atoms with van der Waals surface area (Å²) in [7, 11) is 0. The Balaban J connectivity index is 2.00.